The van der Waals surface area contributed by atoms with Gasteiger partial charge in [0.25, 0.3) is 0 Å². The van der Waals surface area contributed by atoms with Crippen molar-refractivity contribution < 1.29 is 0 Å². The third kappa shape index (κ3) is 2.38. The minimum Gasteiger partial charge on any atom is -0.311 e. The molecule has 17 heavy (non-hydrogen) atoms. The predicted molar refractivity (Wildman–Crippen MR) is 71.4 cm³/mol. The summed E-state index contributed by atoms with van der Waals surface area (Å²) >= 11 is 1.69. The lowest BCUT2D eigenvalue weighted by molar-refractivity contribution is 0.314. The molecule has 0 bridgehead atoms. The third-order valence-electron chi connectivity index (χ3n) is 3.81. The Labute approximate surface area is 106 Å². The fourth-order valence-electron chi connectivity index (χ4n) is 2.76. The van der Waals surface area contributed by atoms with Crippen LogP contribution in [0.5, 0.6) is 0 Å². The number of nitrogens with one attached hydrogen (secondary N) is 1. The van der Waals surface area contributed by atoms with Crippen molar-refractivity contribution in [3.63, 3.8) is 0 Å². The quantitative estimate of drug-likeness (QED) is 0.902. The number of fused-ring (bicyclic) bond motifs is 1. The van der Waals surface area contributed by atoms with Crippen molar-refractivity contribution in [2.75, 3.05) is 6.54 Å². The summed E-state index contributed by atoms with van der Waals surface area (Å²) in [7, 11) is 0. The molecule has 0 aliphatic heterocycles. The first-order chi connectivity index (χ1) is 8.25. The van der Waals surface area contributed by atoms with Crippen LogP contribution >= 0.6 is 11.3 Å². The molecule has 4 heteroatoms. The Hall–Kier alpha value is -0.870. The monoisotopic (exact) mass is 249 g/mol. The van der Waals surface area contributed by atoms with E-state index >= 15 is 0 Å². The Balaban J connectivity index is 1.55. The maximum absolute atomic E-state index is 4.58. The van der Waals surface area contributed by atoms with Crippen molar-refractivity contribution in [2.24, 2.45) is 5.41 Å². The van der Waals surface area contributed by atoms with Gasteiger partial charge in [0.1, 0.15) is 0 Å². The summed E-state index contributed by atoms with van der Waals surface area (Å²) in [5.41, 5.74) is 1.68. The molecule has 1 saturated carbocycles. The van der Waals surface area contributed by atoms with E-state index in [0.717, 1.165) is 23.7 Å². The van der Waals surface area contributed by atoms with Gasteiger partial charge in [-0.15, -0.1) is 11.3 Å². The molecule has 1 fully saturated rings. The van der Waals surface area contributed by atoms with E-state index in [1.165, 1.54) is 25.7 Å². The van der Waals surface area contributed by atoms with E-state index in [1.54, 1.807) is 11.3 Å². The van der Waals surface area contributed by atoms with E-state index in [9.17, 15) is 0 Å². The number of hydrogen-bond acceptors (Lipinski definition) is 3. The Bertz CT molecular complexity index is 465. The molecule has 0 unspecified atom stereocenters. The van der Waals surface area contributed by atoms with Gasteiger partial charge in [0.05, 0.1) is 5.69 Å². The summed E-state index contributed by atoms with van der Waals surface area (Å²) < 4.78 is 2.10. The number of thiazole rings is 1. The van der Waals surface area contributed by atoms with E-state index in [1.807, 2.05) is 0 Å². The first kappa shape index (κ1) is 11.2. The van der Waals surface area contributed by atoms with Crippen molar-refractivity contribution in [2.45, 2.75) is 39.2 Å². The Morgan fingerprint density at radius 1 is 1.47 bits per heavy atom. The first-order valence-corrected chi connectivity index (χ1v) is 7.25. The van der Waals surface area contributed by atoms with Gasteiger partial charge in [-0.25, -0.2) is 4.98 Å². The average Bonchev–Trinajstić information content (AvgIpc) is 2.93. The summed E-state index contributed by atoms with van der Waals surface area (Å²) in [4.78, 5) is 5.67. The highest BCUT2D eigenvalue weighted by Crippen LogP contribution is 2.36. The van der Waals surface area contributed by atoms with Crippen LogP contribution < -0.4 is 5.32 Å². The smallest absolute Gasteiger partial charge is 0.193 e. The molecule has 1 N–H and O–H groups in total. The van der Waals surface area contributed by atoms with Gasteiger partial charge >= 0.3 is 0 Å². The molecule has 0 amide bonds. The van der Waals surface area contributed by atoms with Gasteiger partial charge in [-0.2, -0.15) is 0 Å². The van der Waals surface area contributed by atoms with Crippen molar-refractivity contribution in [1.82, 2.24) is 14.7 Å². The maximum atomic E-state index is 4.58. The van der Waals surface area contributed by atoms with Crippen LogP contribution in [0.2, 0.25) is 0 Å². The second-order valence-electron chi connectivity index (χ2n) is 5.45. The molecule has 0 aromatic carbocycles. The second kappa shape index (κ2) is 4.42. The zero-order chi connectivity index (χ0) is 11.7. The van der Waals surface area contributed by atoms with Gasteiger partial charge < -0.3 is 5.32 Å². The topological polar surface area (TPSA) is 29.3 Å². The normalized spacial score (nSPS) is 19.1. The molecule has 3 nitrogen and oxygen atoms in total. The van der Waals surface area contributed by atoms with Crippen molar-refractivity contribution in [1.29, 1.82) is 0 Å². The number of aromatic nitrogens is 2. The fraction of sp³-hybridized carbons (Fsp3) is 0.615. The van der Waals surface area contributed by atoms with Gasteiger partial charge in [0.15, 0.2) is 4.96 Å². The van der Waals surface area contributed by atoms with Crippen LogP contribution in [-0.2, 0) is 6.54 Å². The van der Waals surface area contributed by atoms with Crippen molar-refractivity contribution >= 4 is 16.3 Å². The zero-order valence-corrected chi connectivity index (χ0v) is 11.1. The molecule has 1 aliphatic rings. The van der Waals surface area contributed by atoms with Crippen LogP contribution in [0.15, 0.2) is 17.8 Å². The largest absolute Gasteiger partial charge is 0.311 e. The molecule has 92 valence electrons. The highest BCUT2D eigenvalue weighted by molar-refractivity contribution is 7.15. The van der Waals surface area contributed by atoms with Gasteiger partial charge in [0, 0.05) is 30.9 Å². The summed E-state index contributed by atoms with van der Waals surface area (Å²) in [6.45, 7) is 4.42. The van der Waals surface area contributed by atoms with Crippen molar-refractivity contribution in [3.05, 3.63) is 23.5 Å². The first-order valence-electron chi connectivity index (χ1n) is 6.37. The van der Waals surface area contributed by atoms with Gasteiger partial charge in [-0.1, -0.05) is 19.8 Å². The zero-order valence-electron chi connectivity index (χ0n) is 10.3. The second-order valence-corrected chi connectivity index (χ2v) is 6.32. The minimum atomic E-state index is 0.525. The van der Waals surface area contributed by atoms with Gasteiger partial charge in [-0.3, -0.25) is 4.40 Å². The molecule has 1 aliphatic carbocycles. The number of nitrogens with zero attached hydrogens (tertiary/aromatic N) is 2. The number of hydrogen-bond donors (Lipinski definition) is 1. The Morgan fingerprint density at radius 3 is 3.06 bits per heavy atom. The van der Waals surface area contributed by atoms with Crippen LogP contribution in [0.4, 0.5) is 0 Å². The molecule has 0 spiro atoms. The van der Waals surface area contributed by atoms with Gasteiger partial charge in [-0.05, 0) is 18.3 Å². The number of imidazole rings is 1. The highest BCUT2D eigenvalue weighted by atomic mass is 32.1. The van der Waals surface area contributed by atoms with Crippen LogP contribution in [0, 0.1) is 5.41 Å². The third-order valence-corrected chi connectivity index (χ3v) is 4.58. The molecule has 2 aromatic heterocycles. The summed E-state index contributed by atoms with van der Waals surface area (Å²) in [6, 6.07) is 0. The summed E-state index contributed by atoms with van der Waals surface area (Å²) in [5, 5.41) is 5.63. The molecule has 3 rings (SSSR count). The van der Waals surface area contributed by atoms with Crippen molar-refractivity contribution in [3.8, 4) is 0 Å². The standard InChI is InChI=1S/C13H19N3S/c1-13(4-2-3-5-13)10-14-8-11-9-16-6-7-17-12(16)15-11/h6-7,9,14H,2-5,8,10H2,1H3. The Kier molecular flexibility index (Phi) is 2.92. The highest BCUT2D eigenvalue weighted by Gasteiger charge is 2.27. The van der Waals surface area contributed by atoms with Crippen LogP contribution in [0.25, 0.3) is 4.96 Å². The molecule has 0 atom stereocenters. The molecular weight excluding hydrogens is 230 g/mol. The van der Waals surface area contributed by atoms with E-state index < -0.39 is 0 Å². The summed E-state index contributed by atoms with van der Waals surface area (Å²) in [5.74, 6) is 0. The fourth-order valence-corrected chi connectivity index (χ4v) is 3.48. The molecule has 2 heterocycles. The maximum Gasteiger partial charge on any atom is 0.193 e. The average molecular weight is 249 g/mol. The van der Waals surface area contributed by atoms with Gasteiger partial charge in [0.2, 0.25) is 0 Å². The van der Waals surface area contributed by atoms with E-state index in [2.05, 4.69) is 39.4 Å². The Morgan fingerprint density at radius 2 is 2.29 bits per heavy atom. The number of rotatable bonds is 4. The van der Waals surface area contributed by atoms with Crippen LogP contribution in [0.3, 0.4) is 0 Å². The molecule has 2 aromatic rings. The predicted octanol–water partition coefficient (Wildman–Crippen LogP) is 3.07. The SMILES string of the molecule is CC1(CNCc2cn3ccsc3n2)CCCC1. The van der Waals surface area contributed by atoms with Crippen LogP contribution in [-0.4, -0.2) is 15.9 Å². The lowest BCUT2D eigenvalue weighted by Gasteiger charge is -2.23. The lowest BCUT2D eigenvalue weighted by Crippen LogP contribution is -2.29. The molecular formula is C13H19N3S. The lowest BCUT2D eigenvalue weighted by atomic mass is 9.89. The van der Waals surface area contributed by atoms with E-state index in [-0.39, 0.29) is 0 Å². The summed E-state index contributed by atoms with van der Waals surface area (Å²) in [6.07, 6.45) is 9.73. The minimum absolute atomic E-state index is 0.525. The van der Waals surface area contributed by atoms with E-state index in [4.69, 9.17) is 0 Å². The van der Waals surface area contributed by atoms with E-state index in [0.29, 0.717) is 5.41 Å². The molecule has 0 radical (unpaired) electrons. The molecule has 0 saturated heterocycles. The van der Waals surface area contributed by atoms with Crippen LogP contribution in [0.1, 0.15) is 38.3 Å².